The molecule has 0 saturated heterocycles. The van der Waals surface area contributed by atoms with Gasteiger partial charge in [0, 0.05) is 9.37 Å². The molecule has 0 N–H and O–H groups in total. The Labute approximate surface area is 105 Å². The molecule has 0 aliphatic carbocycles. The van der Waals surface area contributed by atoms with Crippen molar-refractivity contribution in [2.24, 2.45) is 0 Å². The van der Waals surface area contributed by atoms with Gasteiger partial charge >= 0.3 is 18.9 Å². The van der Waals surface area contributed by atoms with Crippen LogP contribution in [-0.2, 0) is 0 Å². The van der Waals surface area contributed by atoms with Crippen LogP contribution in [0.25, 0.3) is 10.8 Å². The summed E-state index contributed by atoms with van der Waals surface area (Å²) in [6.45, 7) is 0. The molecule has 0 aliphatic heterocycles. The molecule has 0 amide bonds. The predicted octanol–water partition coefficient (Wildman–Crippen LogP) is 1.01. The van der Waals surface area contributed by atoms with E-state index in [0.717, 1.165) is 9.37 Å². The quantitative estimate of drug-likeness (QED) is 0.521. The zero-order valence-corrected chi connectivity index (χ0v) is 9.77. The summed E-state index contributed by atoms with van der Waals surface area (Å²) in [5.41, 5.74) is 0. The summed E-state index contributed by atoms with van der Waals surface area (Å²) in [4.78, 5) is 1.01. The number of thiol groups is 1. The Morgan fingerprint density at radius 3 is 2.54 bits per heavy atom. The number of fused-ring (bicyclic) bond motifs is 1. The standard InChI is InChI=1S/C10H7BrS.Li.H/c11-9-6-5-7-3-1-2-4-8(7)10(9)12;;/h1-6,12H;;/q;+1;-1. The molecule has 0 aromatic heterocycles. The van der Waals surface area contributed by atoms with Crippen molar-refractivity contribution in [1.82, 2.24) is 0 Å². The normalized spacial score (nSPS) is 9.69. The molecule has 62 valence electrons. The van der Waals surface area contributed by atoms with Gasteiger partial charge in [-0.05, 0) is 32.8 Å². The van der Waals surface area contributed by atoms with Crippen molar-refractivity contribution in [3.05, 3.63) is 40.9 Å². The average molecular weight is 247 g/mol. The third-order valence-electron chi connectivity index (χ3n) is 1.85. The fraction of sp³-hybridized carbons (Fsp3) is 0. The van der Waals surface area contributed by atoms with Gasteiger partial charge in [-0.2, -0.15) is 0 Å². The molecule has 0 heterocycles. The van der Waals surface area contributed by atoms with E-state index in [9.17, 15) is 0 Å². The summed E-state index contributed by atoms with van der Waals surface area (Å²) in [6, 6.07) is 12.3. The van der Waals surface area contributed by atoms with Crippen molar-refractivity contribution >= 4 is 39.3 Å². The van der Waals surface area contributed by atoms with E-state index in [-0.39, 0.29) is 20.3 Å². The Morgan fingerprint density at radius 1 is 1.08 bits per heavy atom. The zero-order chi connectivity index (χ0) is 8.55. The maximum atomic E-state index is 4.42. The minimum absolute atomic E-state index is 0. The number of hydrogen-bond donors (Lipinski definition) is 1. The van der Waals surface area contributed by atoms with Crippen molar-refractivity contribution in [1.29, 1.82) is 0 Å². The van der Waals surface area contributed by atoms with Gasteiger partial charge in [0.25, 0.3) is 0 Å². The van der Waals surface area contributed by atoms with Crippen molar-refractivity contribution in [3.8, 4) is 0 Å². The van der Waals surface area contributed by atoms with Gasteiger partial charge in [0.15, 0.2) is 0 Å². The van der Waals surface area contributed by atoms with Crippen LogP contribution in [-0.4, -0.2) is 0 Å². The van der Waals surface area contributed by atoms with Crippen molar-refractivity contribution in [3.63, 3.8) is 0 Å². The van der Waals surface area contributed by atoms with Gasteiger partial charge in [0.2, 0.25) is 0 Å². The van der Waals surface area contributed by atoms with Gasteiger partial charge in [-0.15, -0.1) is 12.6 Å². The maximum absolute atomic E-state index is 4.42. The second-order valence-corrected chi connectivity index (χ2v) is 3.92. The molecule has 0 nitrogen and oxygen atoms in total. The number of rotatable bonds is 0. The van der Waals surface area contributed by atoms with E-state index in [1.165, 1.54) is 10.8 Å². The SMILES string of the molecule is Sc1c(Br)ccc2ccccc12.[H-].[Li+]. The van der Waals surface area contributed by atoms with Crippen molar-refractivity contribution in [2.75, 3.05) is 0 Å². The van der Waals surface area contributed by atoms with E-state index in [0.29, 0.717) is 0 Å². The minimum atomic E-state index is 0. The largest absolute Gasteiger partial charge is 1.00 e. The van der Waals surface area contributed by atoms with Crippen LogP contribution in [0.2, 0.25) is 0 Å². The molecule has 0 aliphatic rings. The van der Waals surface area contributed by atoms with Gasteiger partial charge in [-0.25, -0.2) is 0 Å². The van der Waals surface area contributed by atoms with Crippen LogP contribution in [0.1, 0.15) is 1.43 Å². The Kier molecular flexibility index (Phi) is 3.94. The van der Waals surface area contributed by atoms with E-state index >= 15 is 0 Å². The van der Waals surface area contributed by atoms with Gasteiger partial charge in [-0.3, -0.25) is 0 Å². The molecule has 0 atom stereocenters. The van der Waals surface area contributed by atoms with Crippen LogP contribution in [0.5, 0.6) is 0 Å². The number of benzene rings is 2. The molecule has 2 aromatic rings. The average Bonchev–Trinajstić information content (AvgIpc) is 2.12. The van der Waals surface area contributed by atoms with E-state index in [1.54, 1.807) is 0 Å². The molecule has 3 heteroatoms. The molecule has 2 rings (SSSR count). The van der Waals surface area contributed by atoms with Gasteiger partial charge < -0.3 is 1.43 Å². The predicted molar refractivity (Wildman–Crippen MR) is 60.0 cm³/mol. The first kappa shape index (κ1) is 11.2. The van der Waals surface area contributed by atoms with Crippen LogP contribution in [0.15, 0.2) is 45.8 Å². The minimum Gasteiger partial charge on any atom is -1.00 e. The first-order valence-corrected chi connectivity index (χ1v) is 4.89. The monoisotopic (exact) mass is 246 g/mol. The summed E-state index contributed by atoms with van der Waals surface area (Å²) in [7, 11) is 0. The fourth-order valence-electron chi connectivity index (χ4n) is 1.23. The second kappa shape index (κ2) is 4.57. The molecule has 0 saturated carbocycles. The zero-order valence-electron chi connectivity index (χ0n) is 8.29. The van der Waals surface area contributed by atoms with Gasteiger partial charge in [0.1, 0.15) is 0 Å². The molecule has 0 radical (unpaired) electrons. The molecule has 2 aromatic carbocycles. The molecule has 0 spiro atoms. The summed E-state index contributed by atoms with van der Waals surface area (Å²) in [5.74, 6) is 0. The summed E-state index contributed by atoms with van der Waals surface area (Å²) >= 11 is 7.86. The van der Waals surface area contributed by atoms with Crippen LogP contribution in [0.3, 0.4) is 0 Å². The van der Waals surface area contributed by atoms with Crippen LogP contribution < -0.4 is 18.9 Å². The van der Waals surface area contributed by atoms with Crippen LogP contribution in [0.4, 0.5) is 0 Å². The summed E-state index contributed by atoms with van der Waals surface area (Å²) in [5, 5.41) is 2.42. The molecule has 0 bridgehead atoms. The number of halogens is 1. The Morgan fingerprint density at radius 2 is 1.77 bits per heavy atom. The summed E-state index contributed by atoms with van der Waals surface area (Å²) < 4.78 is 1.05. The van der Waals surface area contributed by atoms with E-state index in [1.807, 2.05) is 18.2 Å². The Bertz CT molecular complexity index is 433. The third-order valence-corrected chi connectivity index (χ3v) is 3.30. The van der Waals surface area contributed by atoms with Gasteiger partial charge in [0.05, 0.1) is 0 Å². The van der Waals surface area contributed by atoms with E-state index in [2.05, 4.69) is 46.8 Å². The molecular formula is C10H8BrLiS. The Balaban J connectivity index is 0.000000845. The van der Waals surface area contributed by atoms with E-state index in [4.69, 9.17) is 0 Å². The van der Waals surface area contributed by atoms with Crippen molar-refractivity contribution < 1.29 is 20.3 Å². The molecule has 13 heavy (non-hydrogen) atoms. The third kappa shape index (κ3) is 2.14. The van der Waals surface area contributed by atoms with Crippen LogP contribution in [0, 0.1) is 0 Å². The molecule has 0 fully saturated rings. The smallest absolute Gasteiger partial charge is 1.00 e. The maximum Gasteiger partial charge on any atom is 1.00 e. The van der Waals surface area contributed by atoms with E-state index < -0.39 is 0 Å². The topological polar surface area (TPSA) is 0 Å². The summed E-state index contributed by atoms with van der Waals surface area (Å²) in [6.07, 6.45) is 0. The first-order valence-electron chi connectivity index (χ1n) is 3.65. The molecule has 0 unspecified atom stereocenters. The fourth-order valence-corrected chi connectivity index (χ4v) is 1.85. The van der Waals surface area contributed by atoms with Crippen LogP contribution >= 0.6 is 28.6 Å². The number of hydrogen-bond acceptors (Lipinski definition) is 1. The first-order chi connectivity index (χ1) is 5.79. The van der Waals surface area contributed by atoms with Gasteiger partial charge in [-0.1, -0.05) is 30.3 Å². The molecular weight excluding hydrogens is 239 g/mol. The van der Waals surface area contributed by atoms with Crippen molar-refractivity contribution in [2.45, 2.75) is 4.90 Å². The Hall–Kier alpha value is 0.127. The second-order valence-electron chi connectivity index (χ2n) is 2.62.